The summed E-state index contributed by atoms with van der Waals surface area (Å²) >= 11 is 0. The van der Waals surface area contributed by atoms with Crippen LogP contribution in [0.1, 0.15) is 47.0 Å². The zero-order valence-electron chi connectivity index (χ0n) is 17.0. The Labute approximate surface area is 162 Å². The van der Waals surface area contributed by atoms with Crippen LogP contribution in [0.5, 0.6) is 0 Å². The molecule has 27 heavy (non-hydrogen) atoms. The van der Waals surface area contributed by atoms with Crippen LogP contribution in [-0.2, 0) is 19.0 Å². The quantitative estimate of drug-likeness (QED) is 0.540. The number of carbonyl (C=O) groups excluding carboxylic acids is 1. The lowest BCUT2D eigenvalue weighted by Crippen LogP contribution is -2.28. The maximum atomic E-state index is 11.9. The predicted octanol–water partition coefficient (Wildman–Crippen LogP) is 3.85. The molecule has 0 saturated carbocycles. The van der Waals surface area contributed by atoms with E-state index in [1.165, 1.54) is 18.3 Å². The van der Waals surface area contributed by atoms with Crippen molar-refractivity contribution in [1.82, 2.24) is 0 Å². The van der Waals surface area contributed by atoms with Gasteiger partial charge in [0.25, 0.3) is 0 Å². The van der Waals surface area contributed by atoms with Crippen molar-refractivity contribution in [2.24, 2.45) is 5.92 Å². The number of allylic oxidation sites excluding steroid dienone is 2. The summed E-state index contributed by atoms with van der Waals surface area (Å²) in [6.45, 7) is 8.11. The molecule has 2 rings (SSSR count). The SMILES string of the molecule is CC[C@H]1O[C@@H](/C(C)=C/[C@H](C)/C=C/[C@H]2CC(OC)=C(CO)C(=O)O2)CC=C1C. The molecule has 4 atom stereocenters. The summed E-state index contributed by atoms with van der Waals surface area (Å²) < 4.78 is 16.8. The molecule has 0 aromatic heterocycles. The zero-order chi connectivity index (χ0) is 20.0. The summed E-state index contributed by atoms with van der Waals surface area (Å²) in [6, 6.07) is 0. The van der Waals surface area contributed by atoms with Gasteiger partial charge >= 0.3 is 5.97 Å². The lowest BCUT2D eigenvalue weighted by atomic mass is 9.96. The van der Waals surface area contributed by atoms with Crippen molar-refractivity contribution >= 4 is 5.97 Å². The van der Waals surface area contributed by atoms with Gasteiger partial charge in [-0.15, -0.1) is 0 Å². The number of methoxy groups -OCH3 is 1. The molecule has 5 heteroatoms. The third-order valence-electron chi connectivity index (χ3n) is 5.16. The van der Waals surface area contributed by atoms with Crippen molar-refractivity contribution in [3.05, 3.63) is 46.8 Å². The highest BCUT2D eigenvalue weighted by molar-refractivity contribution is 5.90. The molecule has 150 valence electrons. The van der Waals surface area contributed by atoms with Crippen molar-refractivity contribution in [2.45, 2.75) is 65.3 Å². The minimum Gasteiger partial charge on any atom is -0.500 e. The smallest absolute Gasteiger partial charge is 0.340 e. The molecule has 0 bridgehead atoms. The maximum Gasteiger partial charge on any atom is 0.340 e. The van der Waals surface area contributed by atoms with Crippen molar-refractivity contribution in [3.8, 4) is 0 Å². The molecule has 0 amide bonds. The largest absolute Gasteiger partial charge is 0.500 e. The van der Waals surface area contributed by atoms with Gasteiger partial charge in [0.15, 0.2) is 0 Å². The first-order valence-corrected chi connectivity index (χ1v) is 9.66. The van der Waals surface area contributed by atoms with E-state index in [0.717, 1.165) is 12.8 Å². The van der Waals surface area contributed by atoms with E-state index in [9.17, 15) is 9.90 Å². The van der Waals surface area contributed by atoms with Crippen LogP contribution in [0.25, 0.3) is 0 Å². The second kappa shape index (κ2) is 9.90. The van der Waals surface area contributed by atoms with Crippen LogP contribution < -0.4 is 0 Å². The summed E-state index contributed by atoms with van der Waals surface area (Å²) in [5.74, 6) is 0.165. The molecular weight excluding hydrogens is 344 g/mol. The van der Waals surface area contributed by atoms with Crippen molar-refractivity contribution in [1.29, 1.82) is 0 Å². The van der Waals surface area contributed by atoms with Crippen molar-refractivity contribution in [2.75, 3.05) is 13.7 Å². The Balaban J connectivity index is 1.98. The number of hydrogen-bond donors (Lipinski definition) is 1. The first-order chi connectivity index (χ1) is 12.9. The second-order valence-electron chi connectivity index (χ2n) is 7.27. The van der Waals surface area contributed by atoms with Crippen molar-refractivity contribution in [3.63, 3.8) is 0 Å². The highest BCUT2D eigenvalue weighted by Gasteiger charge is 2.28. The van der Waals surface area contributed by atoms with Crippen LogP contribution in [-0.4, -0.2) is 43.1 Å². The number of cyclic esters (lactones) is 1. The van der Waals surface area contributed by atoms with Gasteiger partial charge in [-0.3, -0.25) is 0 Å². The van der Waals surface area contributed by atoms with Crippen LogP contribution >= 0.6 is 0 Å². The van der Waals surface area contributed by atoms with Gasteiger partial charge in [0, 0.05) is 6.42 Å². The van der Waals surface area contributed by atoms with Gasteiger partial charge in [0.1, 0.15) is 17.4 Å². The molecule has 0 aliphatic carbocycles. The zero-order valence-corrected chi connectivity index (χ0v) is 17.0. The lowest BCUT2D eigenvalue weighted by molar-refractivity contribution is -0.145. The van der Waals surface area contributed by atoms with Gasteiger partial charge in [-0.05, 0) is 49.8 Å². The molecule has 5 nitrogen and oxygen atoms in total. The highest BCUT2D eigenvalue weighted by atomic mass is 16.6. The summed E-state index contributed by atoms with van der Waals surface area (Å²) in [5, 5.41) is 9.26. The molecule has 0 aromatic rings. The fourth-order valence-corrected chi connectivity index (χ4v) is 3.51. The van der Waals surface area contributed by atoms with E-state index in [2.05, 4.69) is 39.8 Å². The number of carbonyl (C=O) groups is 1. The Morgan fingerprint density at radius 3 is 2.85 bits per heavy atom. The van der Waals surface area contributed by atoms with E-state index in [1.807, 2.05) is 12.2 Å². The molecule has 1 N–H and O–H groups in total. The molecule has 0 unspecified atom stereocenters. The number of rotatable bonds is 7. The fraction of sp³-hybridized carbons (Fsp3) is 0.591. The first-order valence-electron chi connectivity index (χ1n) is 9.66. The summed E-state index contributed by atoms with van der Waals surface area (Å²) in [6.07, 6.45) is 10.7. The number of esters is 1. The topological polar surface area (TPSA) is 65.0 Å². The summed E-state index contributed by atoms with van der Waals surface area (Å²) in [5.41, 5.74) is 2.74. The lowest BCUT2D eigenvalue weighted by Gasteiger charge is -2.30. The van der Waals surface area contributed by atoms with E-state index in [0.29, 0.717) is 12.2 Å². The van der Waals surface area contributed by atoms with Crippen LogP contribution in [0.15, 0.2) is 46.8 Å². The van der Waals surface area contributed by atoms with Gasteiger partial charge in [0.2, 0.25) is 0 Å². The van der Waals surface area contributed by atoms with E-state index in [4.69, 9.17) is 14.2 Å². The van der Waals surface area contributed by atoms with E-state index in [-0.39, 0.29) is 36.4 Å². The molecule has 2 aliphatic heterocycles. The van der Waals surface area contributed by atoms with Gasteiger partial charge in [-0.2, -0.15) is 0 Å². The van der Waals surface area contributed by atoms with Gasteiger partial charge in [-0.1, -0.05) is 32.1 Å². The first kappa shape index (κ1) is 21.5. The Hall–Kier alpha value is -1.85. The average molecular weight is 376 g/mol. The highest BCUT2D eigenvalue weighted by Crippen LogP contribution is 2.27. The number of aliphatic hydroxyl groups excluding tert-OH is 1. The number of hydrogen-bond acceptors (Lipinski definition) is 5. The monoisotopic (exact) mass is 376 g/mol. The van der Waals surface area contributed by atoms with Gasteiger partial charge in [-0.25, -0.2) is 4.79 Å². The third-order valence-corrected chi connectivity index (χ3v) is 5.16. The molecule has 0 fully saturated rings. The van der Waals surface area contributed by atoms with Crippen LogP contribution in [0.2, 0.25) is 0 Å². The normalized spacial score (nSPS) is 28.2. The molecule has 0 radical (unpaired) electrons. The van der Waals surface area contributed by atoms with Crippen LogP contribution in [0, 0.1) is 5.92 Å². The minimum absolute atomic E-state index is 0.122. The maximum absolute atomic E-state index is 11.9. The number of ether oxygens (including phenoxy) is 3. The molecule has 0 aromatic carbocycles. The summed E-state index contributed by atoms with van der Waals surface area (Å²) in [7, 11) is 1.50. The number of aliphatic hydroxyl groups is 1. The van der Waals surface area contributed by atoms with Gasteiger partial charge < -0.3 is 19.3 Å². The Morgan fingerprint density at radius 1 is 1.48 bits per heavy atom. The van der Waals surface area contributed by atoms with Crippen LogP contribution in [0.3, 0.4) is 0 Å². The van der Waals surface area contributed by atoms with E-state index in [1.54, 1.807) is 0 Å². The van der Waals surface area contributed by atoms with Gasteiger partial charge in [0.05, 0.1) is 25.9 Å². The minimum atomic E-state index is -0.516. The Kier molecular flexibility index (Phi) is 7.87. The molecule has 2 aliphatic rings. The molecule has 0 spiro atoms. The molecular formula is C22H32O5. The van der Waals surface area contributed by atoms with Crippen LogP contribution in [0.4, 0.5) is 0 Å². The molecule has 0 saturated heterocycles. The third kappa shape index (κ3) is 5.56. The summed E-state index contributed by atoms with van der Waals surface area (Å²) in [4.78, 5) is 11.9. The fourth-order valence-electron chi connectivity index (χ4n) is 3.51. The average Bonchev–Trinajstić information content (AvgIpc) is 2.66. The second-order valence-corrected chi connectivity index (χ2v) is 7.27. The van der Waals surface area contributed by atoms with E-state index >= 15 is 0 Å². The Bertz CT molecular complexity index is 656. The molecule has 2 heterocycles. The van der Waals surface area contributed by atoms with E-state index < -0.39 is 5.97 Å². The van der Waals surface area contributed by atoms with Crippen molar-refractivity contribution < 1.29 is 24.1 Å². The Morgan fingerprint density at radius 2 is 2.22 bits per heavy atom. The predicted molar refractivity (Wildman–Crippen MR) is 105 cm³/mol. The standard InChI is InChI=1S/C22H32O5/c1-6-19-15(3)8-10-20(27-19)16(4)11-14(2)7-9-17-12-21(25-5)18(13-23)22(24)26-17/h7-9,11,14,17,19-20,23H,6,10,12-13H2,1-5H3/b9-7+,16-11+/t14-,17+,19-,20-/m1/s1.